The van der Waals surface area contributed by atoms with Gasteiger partial charge in [0.15, 0.2) is 5.96 Å². The van der Waals surface area contributed by atoms with Crippen LogP contribution in [-0.2, 0) is 19.2 Å². The molecular weight excluding hydrogens is 458 g/mol. The number of carbonyl (C=O) groups excluding carboxylic acids is 3. The molecule has 11 N–H and O–H groups in total. The lowest BCUT2D eigenvalue weighted by Crippen LogP contribution is -2.60. The molecule has 0 radical (unpaired) electrons. The number of carboxylic acid groups (broad SMARTS) is 1. The Balaban J connectivity index is 5.43. The second-order valence-electron chi connectivity index (χ2n) is 9.18. The Labute approximate surface area is 206 Å². The lowest BCUT2D eigenvalue weighted by molar-refractivity contribution is -0.142. The van der Waals surface area contributed by atoms with Gasteiger partial charge in [-0.3, -0.25) is 19.4 Å². The van der Waals surface area contributed by atoms with Gasteiger partial charge in [-0.25, -0.2) is 4.79 Å². The number of carbonyl (C=O) groups is 4. The van der Waals surface area contributed by atoms with Crippen molar-refractivity contribution in [3.8, 4) is 0 Å². The molecular formula is C22H43N7O6. The number of aliphatic carboxylic acids is 1. The van der Waals surface area contributed by atoms with Crippen LogP contribution in [0.2, 0.25) is 0 Å². The van der Waals surface area contributed by atoms with Gasteiger partial charge in [-0.2, -0.15) is 0 Å². The fraction of sp³-hybridized carbons (Fsp3) is 0.773. The Morgan fingerprint density at radius 3 is 1.94 bits per heavy atom. The Morgan fingerprint density at radius 1 is 0.914 bits per heavy atom. The third-order valence-corrected chi connectivity index (χ3v) is 5.52. The first kappa shape index (κ1) is 32.1. The first-order chi connectivity index (χ1) is 16.2. The molecule has 0 aliphatic heterocycles. The van der Waals surface area contributed by atoms with Crippen LogP contribution in [0.5, 0.6) is 0 Å². The zero-order chi connectivity index (χ0) is 27.3. The Morgan fingerprint density at radius 2 is 1.49 bits per heavy atom. The number of hydrogen-bond donors (Lipinski definition) is 8. The van der Waals surface area contributed by atoms with Crippen molar-refractivity contribution in [3.63, 3.8) is 0 Å². The summed E-state index contributed by atoms with van der Waals surface area (Å²) < 4.78 is 0. The van der Waals surface area contributed by atoms with Crippen LogP contribution in [0.15, 0.2) is 4.99 Å². The predicted octanol–water partition coefficient (Wildman–Crippen LogP) is -1.62. The van der Waals surface area contributed by atoms with E-state index in [1.807, 2.05) is 20.8 Å². The van der Waals surface area contributed by atoms with Crippen LogP contribution < -0.4 is 33.2 Å². The molecule has 35 heavy (non-hydrogen) atoms. The van der Waals surface area contributed by atoms with E-state index in [0.717, 1.165) is 0 Å². The van der Waals surface area contributed by atoms with E-state index in [9.17, 15) is 29.4 Å². The highest BCUT2D eigenvalue weighted by Gasteiger charge is 2.33. The smallest absolute Gasteiger partial charge is 0.326 e. The molecule has 0 aromatic heterocycles. The SMILES string of the molecule is CCC(C)C(N)C(=O)NC(C(=O)NC(CC(C)C)C(=O)NC(CCCN=C(N)N)C(=O)O)C(C)O. The lowest BCUT2D eigenvalue weighted by Gasteiger charge is -2.28. The van der Waals surface area contributed by atoms with Crippen LogP contribution in [-0.4, -0.2) is 76.7 Å². The highest BCUT2D eigenvalue weighted by Crippen LogP contribution is 2.09. The van der Waals surface area contributed by atoms with E-state index in [4.69, 9.17) is 17.2 Å². The fourth-order valence-electron chi connectivity index (χ4n) is 3.16. The molecule has 13 nitrogen and oxygen atoms in total. The molecule has 6 unspecified atom stereocenters. The highest BCUT2D eigenvalue weighted by atomic mass is 16.4. The summed E-state index contributed by atoms with van der Waals surface area (Å²) in [5.74, 6) is -3.63. The van der Waals surface area contributed by atoms with Crippen molar-refractivity contribution in [1.29, 1.82) is 0 Å². The second-order valence-corrected chi connectivity index (χ2v) is 9.18. The summed E-state index contributed by atoms with van der Waals surface area (Å²) in [5.41, 5.74) is 16.4. The molecule has 0 saturated heterocycles. The monoisotopic (exact) mass is 501 g/mol. The fourth-order valence-corrected chi connectivity index (χ4v) is 3.16. The number of nitrogens with zero attached hydrogens (tertiary/aromatic N) is 1. The molecule has 0 spiro atoms. The van der Waals surface area contributed by atoms with E-state index >= 15 is 0 Å². The third-order valence-electron chi connectivity index (χ3n) is 5.52. The van der Waals surface area contributed by atoms with Crippen molar-refractivity contribution < 1.29 is 29.4 Å². The number of hydrogen-bond acceptors (Lipinski definition) is 7. The zero-order valence-electron chi connectivity index (χ0n) is 21.3. The van der Waals surface area contributed by atoms with Gasteiger partial charge in [0.05, 0.1) is 12.1 Å². The van der Waals surface area contributed by atoms with Crippen LogP contribution in [0.1, 0.15) is 60.3 Å². The van der Waals surface area contributed by atoms with Gasteiger partial charge in [-0.05, 0) is 38.0 Å². The summed E-state index contributed by atoms with van der Waals surface area (Å²) >= 11 is 0. The number of nitrogens with two attached hydrogens (primary N) is 3. The molecule has 0 heterocycles. The summed E-state index contributed by atoms with van der Waals surface area (Å²) in [4.78, 5) is 53.6. The van der Waals surface area contributed by atoms with Crippen molar-refractivity contribution in [2.75, 3.05) is 6.54 Å². The summed E-state index contributed by atoms with van der Waals surface area (Å²) in [6.07, 6.45) is -0.0468. The van der Waals surface area contributed by atoms with Gasteiger partial charge in [-0.1, -0.05) is 34.1 Å². The van der Waals surface area contributed by atoms with Crippen LogP contribution in [0, 0.1) is 11.8 Å². The van der Waals surface area contributed by atoms with Crippen LogP contribution in [0.25, 0.3) is 0 Å². The molecule has 0 rings (SSSR count). The number of aliphatic imine (C=N–C) groups is 1. The Kier molecular flexibility index (Phi) is 14.5. The molecule has 13 heteroatoms. The Hall–Kier alpha value is -2.93. The van der Waals surface area contributed by atoms with Crippen LogP contribution in [0.4, 0.5) is 0 Å². The molecule has 0 fully saturated rings. The van der Waals surface area contributed by atoms with E-state index in [-0.39, 0.29) is 37.2 Å². The normalized spacial score (nSPS) is 16.2. The van der Waals surface area contributed by atoms with Crippen LogP contribution >= 0.6 is 0 Å². The minimum Gasteiger partial charge on any atom is -0.480 e. The molecule has 6 atom stereocenters. The quantitative estimate of drug-likeness (QED) is 0.0688. The Bertz CT molecular complexity index is 740. The van der Waals surface area contributed by atoms with Gasteiger partial charge in [0.25, 0.3) is 0 Å². The minimum atomic E-state index is -1.35. The number of guanidine groups is 1. The zero-order valence-corrected chi connectivity index (χ0v) is 21.3. The van der Waals surface area contributed by atoms with E-state index in [2.05, 4.69) is 20.9 Å². The van der Waals surface area contributed by atoms with Gasteiger partial charge in [-0.15, -0.1) is 0 Å². The maximum absolute atomic E-state index is 12.9. The van der Waals surface area contributed by atoms with E-state index in [0.29, 0.717) is 12.8 Å². The summed E-state index contributed by atoms with van der Waals surface area (Å²) in [6, 6.07) is -4.54. The molecule has 0 aliphatic carbocycles. The first-order valence-electron chi connectivity index (χ1n) is 11.8. The third kappa shape index (κ3) is 12.4. The molecule has 0 aliphatic rings. The number of rotatable bonds is 16. The highest BCUT2D eigenvalue weighted by molar-refractivity contribution is 5.94. The summed E-state index contributed by atoms with van der Waals surface area (Å²) in [7, 11) is 0. The maximum Gasteiger partial charge on any atom is 0.326 e. The molecule has 202 valence electrons. The van der Waals surface area contributed by atoms with E-state index < -0.39 is 54.0 Å². The van der Waals surface area contributed by atoms with Crippen molar-refractivity contribution in [1.82, 2.24) is 16.0 Å². The molecule has 0 bridgehead atoms. The van der Waals surface area contributed by atoms with Crippen LogP contribution in [0.3, 0.4) is 0 Å². The van der Waals surface area contributed by atoms with Gasteiger partial charge < -0.3 is 43.4 Å². The van der Waals surface area contributed by atoms with Gasteiger partial charge in [0.1, 0.15) is 18.1 Å². The number of amides is 3. The number of aliphatic hydroxyl groups excluding tert-OH is 1. The second kappa shape index (κ2) is 15.9. The topological polar surface area (TPSA) is 235 Å². The summed E-state index contributed by atoms with van der Waals surface area (Å²) in [5, 5.41) is 27.0. The number of aliphatic hydroxyl groups is 1. The van der Waals surface area contributed by atoms with Crippen molar-refractivity contribution in [2.45, 2.75) is 90.6 Å². The molecule has 0 aromatic carbocycles. The maximum atomic E-state index is 12.9. The summed E-state index contributed by atoms with van der Waals surface area (Å²) in [6.45, 7) is 8.85. The van der Waals surface area contributed by atoms with Crippen molar-refractivity contribution in [3.05, 3.63) is 0 Å². The van der Waals surface area contributed by atoms with Gasteiger partial charge >= 0.3 is 5.97 Å². The van der Waals surface area contributed by atoms with E-state index in [1.165, 1.54) is 6.92 Å². The van der Waals surface area contributed by atoms with Gasteiger partial charge in [0, 0.05) is 6.54 Å². The first-order valence-corrected chi connectivity index (χ1v) is 11.8. The van der Waals surface area contributed by atoms with E-state index in [1.54, 1.807) is 6.92 Å². The average molecular weight is 502 g/mol. The molecule has 0 saturated carbocycles. The predicted molar refractivity (Wildman–Crippen MR) is 132 cm³/mol. The number of carboxylic acids is 1. The minimum absolute atomic E-state index is 0.0328. The number of nitrogens with one attached hydrogen (secondary N) is 3. The lowest BCUT2D eigenvalue weighted by atomic mass is 9.98. The molecule has 0 aromatic rings. The van der Waals surface area contributed by atoms with Crippen molar-refractivity contribution >= 4 is 29.7 Å². The average Bonchev–Trinajstić information content (AvgIpc) is 2.76. The largest absolute Gasteiger partial charge is 0.480 e. The standard InChI is InChI=1S/C22H43N7O6/c1-6-12(4)16(23)19(32)29-17(13(5)30)20(33)28-15(10-11(2)3)18(31)27-14(21(34)35)8-7-9-26-22(24)25/h11-17,30H,6-10,23H2,1-5H3,(H,27,31)(H,28,33)(H,29,32)(H,34,35)(H4,24,25,26). The van der Waals surface area contributed by atoms with Crippen molar-refractivity contribution in [2.24, 2.45) is 34.0 Å². The molecule has 3 amide bonds. The van der Waals surface area contributed by atoms with Gasteiger partial charge in [0.2, 0.25) is 17.7 Å².